The lowest BCUT2D eigenvalue weighted by molar-refractivity contribution is 0.102. The van der Waals surface area contributed by atoms with Gasteiger partial charge in [-0.3, -0.25) is 10.1 Å². The number of carbonyl (C=O) groups excluding carboxylic acids is 1. The number of amides is 1. The molecule has 2 aromatic rings. The monoisotopic (exact) mass is 377 g/mol. The Balaban J connectivity index is 1.83. The summed E-state index contributed by atoms with van der Waals surface area (Å²) in [4.78, 5) is 12.6. The molecule has 1 N–H and O–H groups in total. The molecule has 1 aromatic heterocycles. The maximum absolute atomic E-state index is 12.9. The third kappa shape index (κ3) is 3.81. The predicted octanol–water partition coefficient (Wildman–Crippen LogP) is 3.11. The van der Waals surface area contributed by atoms with E-state index in [1.165, 1.54) is 16.4 Å². The fourth-order valence-electron chi connectivity index (χ4n) is 2.94. The van der Waals surface area contributed by atoms with Crippen LogP contribution in [-0.4, -0.2) is 36.9 Å². The fraction of sp³-hybridized carbons (Fsp3) is 0.444. The van der Waals surface area contributed by atoms with Crippen molar-refractivity contribution >= 4 is 21.8 Å². The van der Waals surface area contributed by atoms with E-state index in [0.717, 1.165) is 31.2 Å². The number of nitrogens with one attached hydrogen (secondary N) is 1. The van der Waals surface area contributed by atoms with Crippen LogP contribution in [0.4, 0.5) is 5.88 Å². The molecule has 0 spiro atoms. The summed E-state index contributed by atoms with van der Waals surface area (Å²) in [7, 11) is -3.60. The molecule has 1 aromatic carbocycles. The highest BCUT2D eigenvalue weighted by molar-refractivity contribution is 7.89. The van der Waals surface area contributed by atoms with Crippen LogP contribution in [0, 0.1) is 13.8 Å². The fourth-order valence-corrected chi connectivity index (χ4v) is 4.50. The highest BCUT2D eigenvalue weighted by Crippen LogP contribution is 2.22. The first-order valence-corrected chi connectivity index (χ1v) is 10.2. The highest BCUT2D eigenvalue weighted by atomic mass is 32.2. The minimum atomic E-state index is -3.60. The Kier molecular flexibility index (Phi) is 5.43. The van der Waals surface area contributed by atoms with Crippen molar-refractivity contribution in [3.63, 3.8) is 0 Å². The number of anilines is 1. The highest BCUT2D eigenvalue weighted by Gasteiger charge is 2.26. The smallest absolute Gasteiger partial charge is 0.258 e. The Morgan fingerprint density at radius 2 is 1.85 bits per heavy atom. The lowest BCUT2D eigenvalue weighted by atomic mass is 10.2. The Labute approximate surface area is 153 Å². The lowest BCUT2D eigenvalue weighted by Crippen LogP contribution is -2.32. The van der Waals surface area contributed by atoms with Crippen LogP contribution in [0.15, 0.2) is 33.7 Å². The molecule has 26 heavy (non-hydrogen) atoms. The second-order valence-electron chi connectivity index (χ2n) is 6.52. The lowest BCUT2D eigenvalue weighted by Gasteiger charge is -2.20. The molecule has 0 saturated carbocycles. The van der Waals surface area contributed by atoms with Crippen LogP contribution >= 0.6 is 0 Å². The molecule has 0 aliphatic carbocycles. The molecule has 1 fully saturated rings. The van der Waals surface area contributed by atoms with Gasteiger partial charge in [-0.2, -0.15) is 4.31 Å². The molecular weight excluding hydrogens is 354 g/mol. The van der Waals surface area contributed by atoms with Crippen molar-refractivity contribution < 1.29 is 17.7 Å². The number of rotatable bonds is 4. The van der Waals surface area contributed by atoms with Gasteiger partial charge in [-0.05, 0) is 44.9 Å². The Bertz CT molecular complexity index is 897. The number of aryl methyl sites for hydroxylation is 1. The summed E-state index contributed by atoms with van der Waals surface area (Å²) >= 11 is 0. The van der Waals surface area contributed by atoms with Gasteiger partial charge < -0.3 is 4.52 Å². The standard InChI is InChI=1S/C18H23N3O4S/c1-13-14(2)20-25-18(13)19-17(22)15-8-7-9-16(12-15)26(23,24)21-10-5-3-4-6-11-21/h7-9,12H,3-6,10-11H2,1-2H3,(H,19,22). The van der Waals surface area contributed by atoms with Crippen molar-refractivity contribution in [3.05, 3.63) is 41.1 Å². The van der Waals surface area contributed by atoms with Gasteiger partial charge in [0.15, 0.2) is 0 Å². The first kappa shape index (κ1) is 18.6. The van der Waals surface area contributed by atoms with E-state index in [0.29, 0.717) is 18.8 Å². The van der Waals surface area contributed by atoms with Crippen molar-refractivity contribution in [3.8, 4) is 0 Å². The van der Waals surface area contributed by atoms with E-state index >= 15 is 0 Å². The molecule has 8 heteroatoms. The molecule has 1 amide bonds. The summed E-state index contributed by atoms with van der Waals surface area (Å²) in [5, 5.41) is 6.44. The zero-order chi connectivity index (χ0) is 18.7. The summed E-state index contributed by atoms with van der Waals surface area (Å²) in [6.07, 6.45) is 3.82. The summed E-state index contributed by atoms with van der Waals surface area (Å²) in [6, 6.07) is 6.10. The maximum Gasteiger partial charge on any atom is 0.258 e. The number of aromatic nitrogens is 1. The van der Waals surface area contributed by atoms with E-state index in [4.69, 9.17) is 4.52 Å². The van der Waals surface area contributed by atoms with Gasteiger partial charge in [0.1, 0.15) is 0 Å². The molecular formula is C18H23N3O4S. The minimum Gasteiger partial charge on any atom is -0.338 e. The van der Waals surface area contributed by atoms with E-state index in [9.17, 15) is 13.2 Å². The van der Waals surface area contributed by atoms with Crippen LogP contribution in [0.2, 0.25) is 0 Å². The van der Waals surface area contributed by atoms with Gasteiger partial charge in [-0.1, -0.05) is 24.1 Å². The van der Waals surface area contributed by atoms with Gasteiger partial charge in [-0.25, -0.2) is 8.42 Å². The largest absolute Gasteiger partial charge is 0.338 e. The van der Waals surface area contributed by atoms with Gasteiger partial charge in [0.05, 0.1) is 10.6 Å². The third-order valence-corrected chi connectivity index (χ3v) is 6.58. The van der Waals surface area contributed by atoms with Crippen molar-refractivity contribution in [1.82, 2.24) is 9.46 Å². The zero-order valence-corrected chi connectivity index (χ0v) is 15.8. The van der Waals surface area contributed by atoms with Gasteiger partial charge in [-0.15, -0.1) is 0 Å². The van der Waals surface area contributed by atoms with Crippen LogP contribution in [0.25, 0.3) is 0 Å². The molecule has 0 bridgehead atoms. The van der Waals surface area contributed by atoms with Crippen molar-refractivity contribution in [2.75, 3.05) is 18.4 Å². The van der Waals surface area contributed by atoms with E-state index in [1.807, 2.05) is 0 Å². The molecule has 1 aliphatic rings. The van der Waals surface area contributed by atoms with E-state index in [2.05, 4.69) is 10.5 Å². The second-order valence-corrected chi connectivity index (χ2v) is 8.46. The molecule has 0 unspecified atom stereocenters. The summed E-state index contributed by atoms with van der Waals surface area (Å²) in [5.74, 6) is -0.162. The third-order valence-electron chi connectivity index (χ3n) is 4.68. The van der Waals surface area contributed by atoms with Crippen molar-refractivity contribution in [1.29, 1.82) is 0 Å². The zero-order valence-electron chi connectivity index (χ0n) is 15.0. The first-order valence-electron chi connectivity index (χ1n) is 8.74. The maximum atomic E-state index is 12.9. The van der Waals surface area contributed by atoms with Crippen LogP contribution in [0.3, 0.4) is 0 Å². The summed E-state index contributed by atoms with van der Waals surface area (Å²) in [6.45, 7) is 4.62. The average Bonchev–Trinajstić information content (AvgIpc) is 2.86. The van der Waals surface area contributed by atoms with Crippen LogP contribution < -0.4 is 5.32 Å². The Hall–Kier alpha value is -2.19. The summed E-state index contributed by atoms with van der Waals surface area (Å²) < 4.78 is 32.4. The Morgan fingerprint density at radius 1 is 1.15 bits per heavy atom. The molecule has 2 heterocycles. The van der Waals surface area contributed by atoms with Crippen LogP contribution in [-0.2, 0) is 10.0 Å². The molecule has 0 radical (unpaired) electrons. The van der Waals surface area contributed by atoms with E-state index in [1.54, 1.807) is 26.0 Å². The number of hydrogen-bond donors (Lipinski definition) is 1. The number of carbonyl (C=O) groups is 1. The van der Waals surface area contributed by atoms with E-state index < -0.39 is 15.9 Å². The van der Waals surface area contributed by atoms with Gasteiger partial charge in [0, 0.05) is 24.2 Å². The van der Waals surface area contributed by atoms with E-state index in [-0.39, 0.29) is 16.3 Å². The minimum absolute atomic E-state index is 0.137. The number of sulfonamides is 1. The number of hydrogen-bond acceptors (Lipinski definition) is 5. The van der Waals surface area contributed by atoms with Gasteiger partial charge >= 0.3 is 0 Å². The molecule has 0 atom stereocenters. The topological polar surface area (TPSA) is 92.5 Å². The van der Waals surface area contributed by atoms with Crippen molar-refractivity contribution in [2.24, 2.45) is 0 Å². The van der Waals surface area contributed by atoms with Gasteiger partial charge in [0.25, 0.3) is 5.91 Å². The predicted molar refractivity (Wildman–Crippen MR) is 97.6 cm³/mol. The second kappa shape index (κ2) is 7.59. The van der Waals surface area contributed by atoms with Crippen LogP contribution in [0.1, 0.15) is 47.3 Å². The van der Waals surface area contributed by atoms with Crippen molar-refractivity contribution in [2.45, 2.75) is 44.4 Å². The molecule has 140 valence electrons. The molecule has 1 aliphatic heterocycles. The number of benzene rings is 1. The van der Waals surface area contributed by atoms with Gasteiger partial charge in [0.2, 0.25) is 15.9 Å². The van der Waals surface area contributed by atoms with Crippen LogP contribution in [0.5, 0.6) is 0 Å². The average molecular weight is 377 g/mol. The SMILES string of the molecule is Cc1noc(NC(=O)c2cccc(S(=O)(=O)N3CCCCCC3)c2)c1C. The quantitative estimate of drug-likeness (QED) is 0.884. The summed E-state index contributed by atoms with van der Waals surface area (Å²) in [5.41, 5.74) is 1.69. The molecule has 3 rings (SSSR count). The molecule has 7 nitrogen and oxygen atoms in total. The Morgan fingerprint density at radius 3 is 2.46 bits per heavy atom. The first-order chi connectivity index (χ1) is 12.4. The molecule has 1 saturated heterocycles. The number of nitrogens with zero attached hydrogens (tertiary/aromatic N) is 2. The normalized spacial score (nSPS) is 16.2.